The lowest BCUT2D eigenvalue weighted by atomic mass is 10.0. The number of carbonyl (C=O) groups is 7. The molecule has 6 amide bonds. The van der Waals surface area contributed by atoms with Crippen LogP contribution in [-0.4, -0.2) is 107 Å². The second-order valence-electron chi connectivity index (χ2n) is 18.1. The van der Waals surface area contributed by atoms with Gasteiger partial charge in [0.25, 0.3) is 23.6 Å². The van der Waals surface area contributed by atoms with Gasteiger partial charge < -0.3 is 41.5 Å². The number of methoxy groups -OCH3 is 1. The Hall–Kier alpha value is -7.84. The number of azo groups is 1. The monoisotopic (exact) mass is 1210 g/mol. The van der Waals surface area contributed by atoms with Crippen LogP contribution >= 0.6 is 68.0 Å². The second kappa shape index (κ2) is 25.7. The summed E-state index contributed by atoms with van der Waals surface area (Å²) in [5.41, 5.74) is 2.50. The van der Waals surface area contributed by atoms with Crippen LogP contribution in [0.1, 0.15) is 119 Å². The quantitative estimate of drug-likeness (QED) is 0.0574. The zero-order chi connectivity index (χ0) is 57.5. The number of carboxylic acid groups (broad SMARTS) is 1. The van der Waals surface area contributed by atoms with Crippen molar-refractivity contribution in [2.75, 3.05) is 20.7 Å². The molecule has 4 atom stereocenters. The standard InChI is InChI=1S/C51H48N14O10S6/c1-22(2)37-51-63-40(31(81-51)17-75-5)44(73)53-16-35(68)60-41(42(71)24-9-7-6-8-10-24)50-58-30(20-78-50)48-56-28(18-77-48)39-25(11-12-26(54-39)47-59-32(21-79-47)64-65-33(66)13-14-36(69)70)46-57-29(19-76-46)43(72)55-27(15-34(67)52-4)49-62-38(23(3)80-49)45(74)61-37/h6-12,18-22,27,37,41-42,71H,13-17H2,1-5H3,(H,52,67)(H,53,73)(H,55,72)(H,60,68)(H,61,74)(H,69,70)/t27-,37?,41-,42-/m0/s1. The molecule has 81 heavy (non-hydrogen) atoms. The third-order valence-electron chi connectivity index (χ3n) is 12.1. The van der Waals surface area contributed by atoms with Gasteiger partial charge in [0.1, 0.15) is 76.4 Å². The fourth-order valence-electron chi connectivity index (χ4n) is 7.99. The van der Waals surface area contributed by atoms with Crippen LogP contribution in [0.25, 0.3) is 43.4 Å². The number of fused-ring (bicyclic) bond motifs is 14. The van der Waals surface area contributed by atoms with E-state index in [4.69, 9.17) is 29.8 Å². The van der Waals surface area contributed by atoms with Crippen molar-refractivity contribution in [1.82, 2.24) is 61.5 Å². The van der Waals surface area contributed by atoms with Gasteiger partial charge in [0, 0.05) is 52.5 Å². The number of carboxylic acids is 1. The van der Waals surface area contributed by atoms with E-state index < -0.39 is 78.6 Å². The highest BCUT2D eigenvalue weighted by molar-refractivity contribution is 7.15. The molecular formula is C51H48N14O10S6. The zero-order valence-electron chi connectivity index (χ0n) is 43.4. The summed E-state index contributed by atoms with van der Waals surface area (Å²) in [5.74, 6) is -4.97. The summed E-state index contributed by atoms with van der Waals surface area (Å²) in [6.07, 6.45) is -2.25. The number of ether oxygens (including phenoxy) is 1. The number of amides is 6. The number of pyridine rings is 1. The first-order valence-electron chi connectivity index (χ1n) is 24.6. The number of aliphatic carboxylic acids is 1. The Bertz CT molecular complexity index is 3700. The van der Waals surface area contributed by atoms with E-state index in [1.165, 1.54) is 36.8 Å². The molecule has 24 nitrogen and oxygen atoms in total. The Balaban J connectivity index is 1.12. The van der Waals surface area contributed by atoms with Crippen molar-refractivity contribution in [3.05, 3.63) is 111 Å². The van der Waals surface area contributed by atoms with Crippen molar-refractivity contribution in [2.45, 2.75) is 70.9 Å². The molecule has 30 heteroatoms. The SMILES string of the molecule is CNC(=O)C[C@@H]1NC(=O)c2csc(n2)-c2ccc(-c3nc(N=NC(=O)CCC(=O)O)cs3)nc2-c2csc(n2)-c2csc(n2)[C@H]([C@@H](O)c2ccccc2)NC(=O)CNC(=O)c2nc(sc2COC)C(C(C)C)NC(=O)c2nc1sc2C. The number of rotatable bonds is 12. The number of benzene rings is 1. The summed E-state index contributed by atoms with van der Waals surface area (Å²) in [5, 5.41) is 51.2. The van der Waals surface area contributed by atoms with Gasteiger partial charge in [0.15, 0.2) is 5.82 Å². The van der Waals surface area contributed by atoms with Crippen LogP contribution in [0, 0.1) is 12.8 Å². The van der Waals surface area contributed by atoms with Crippen molar-refractivity contribution in [2.24, 2.45) is 16.1 Å². The number of aliphatic hydroxyl groups is 1. The molecular weight excluding hydrogens is 1160 g/mol. The third kappa shape index (κ3) is 13.7. The van der Waals surface area contributed by atoms with E-state index >= 15 is 0 Å². The van der Waals surface area contributed by atoms with Crippen molar-refractivity contribution >= 4 is 115 Å². The van der Waals surface area contributed by atoms with Crippen molar-refractivity contribution in [3.8, 4) is 43.4 Å². The van der Waals surface area contributed by atoms with Crippen LogP contribution in [0.3, 0.4) is 0 Å². The Morgan fingerprint density at radius 1 is 0.716 bits per heavy atom. The average Bonchev–Trinajstić information content (AvgIpc) is 4.51. The van der Waals surface area contributed by atoms with E-state index in [1.807, 2.05) is 13.8 Å². The van der Waals surface area contributed by atoms with E-state index in [1.54, 1.807) is 70.9 Å². The molecule has 8 heterocycles. The fourth-order valence-corrected chi connectivity index (χ4v) is 13.5. The largest absolute Gasteiger partial charge is 0.481 e. The number of nitrogens with zero attached hydrogens (tertiary/aromatic N) is 9. The van der Waals surface area contributed by atoms with Gasteiger partial charge in [-0.25, -0.2) is 34.9 Å². The molecule has 0 spiro atoms. The summed E-state index contributed by atoms with van der Waals surface area (Å²) in [6, 6.07) is 9.33. The average molecular weight is 1210 g/mol. The van der Waals surface area contributed by atoms with Crippen LogP contribution < -0.4 is 26.6 Å². The van der Waals surface area contributed by atoms with Crippen LogP contribution in [0.2, 0.25) is 0 Å². The molecule has 418 valence electrons. The first-order valence-corrected chi connectivity index (χ1v) is 29.7. The molecule has 1 aromatic carbocycles. The molecule has 9 rings (SSSR count). The van der Waals surface area contributed by atoms with Crippen LogP contribution in [0.5, 0.6) is 0 Å². The summed E-state index contributed by atoms with van der Waals surface area (Å²) in [6.45, 7) is 4.92. The van der Waals surface area contributed by atoms with Gasteiger partial charge in [-0.3, -0.25) is 33.6 Å². The molecule has 1 aliphatic rings. The molecule has 7 aromatic heterocycles. The summed E-state index contributed by atoms with van der Waals surface area (Å²) < 4.78 is 5.44. The number of hydrogen-bond donors (Lipinski definition) is 7. The van der Waals surface area contributed by atoms with Crippen LogP contribution in [-0.2, 0) is 30.5 Å². The minimum absolute atomic E-state index is 0.00384. The summed E-state index contributed by atoms with van der Waals surface area (Å²) in [4.78, 5) is 127. The third-order valence-corrected chi connectivity index (χ3v) is 17.8. The lowest BCUT2D eigenvalue weighted by Crippen LogP contribution is -2.40. The maximum absolute atomic E-state index is 14.2. The molecule has 1 unspecified atom stereocenters. The Kier molecular flexibility index (Phi) is 18.4. The first kappa shape index (κ1) is 57.8. The second-order valence-corrected chi connectivity index (χ2v) is 23.9. The number of aromatic nitrogens is 7. The normalized spacial score (nSPS) is 16.6. The lowest BCUT2D eigenvalue weighted by Gasteiger charge is -2.23. The zero-order valence-corrected chi connectivity index (χ0v) is 48.3. The molecule has 7 N–H and O–H groups in total. The Morgan fingerprint density at radius 2 is 1.43 bits per heavy atom. The Labute approximate surface area is 484 Å². The fraction of sp³-hybridized carbons (Fsp3) is 0.294. The molecule has 10 bridgehead atoms. The predicted octanol–water partition coefficient (Wildman–Crippen LogP) is 7.79. The van der Waals surface area contributed by atoms with Crippen LogP contribution in [0.4, 0.5) is 5.82 Å². The highest BCUT2D eigenvalue weighted by atomic mass is 32.1. The minimum Gasteiger partial charge on any atom is -0.481 e. The van der Waals surface area contributed by atoms with E-state index in [9.17, 15) is 38.7 Å². The number of nitrogens with one attached hydrogen (secondary N) is 5. The van der Waals surface area contributed by atoms with Crippen LogP contribution in [0.15, 0.2) is 74.2 Å². The van der Waals surface area contributed by atoms with Gasteiger partial charge in [0.2, 0.25) is 11.8 Å². The molecule has 0 saturated carbocycles. The molecule has 0 radical (unpaired) electrons. The van der Waals surface area contributed by atoms with Gasteiger partial charge >= 0.3 is 5.97 Å². The van der Waals surface area contributed by atoms with E-state index in [-0.39, 0.29) is 53.3 Å². The van der Waals surface area contributed by atoms with Gasteiger partial charge in [-0.15, -0.1) is 78.2 Å². The molecule has 0 fully saturated rings. The molecule has 8 aromatic rings. The minimum atomic E-state index is -1.29. The first-order chi connectivity index (χ1) is 39.0. The predicted molar refractivity (Wildman–Crippen MR) is 303 cm³/mol. The van der Waals surface area contributed by atoms with Crippen molar-refractivity contribution < 1.29 is 48.5 Å². The van der Waals surface area contributed by atoms with E-state index in [2.05, 4.69) is 51.8 Å². The van der Waals surface area contributed by atoms with Crippen molar-refractivity contribution in [1.29, 1.82) is 0 Å². The smallest absolute Gasteiger partial charge is 0.303 e. The van der Waals surface area contributed by atoms with Crippen molar-refractivity contribution in [3.63, 3.8) is 0 Å². The van der Waals surface area contributed by atoms with Gasteiger partial charge in [-0.1, -0.05) is 44.2 Å². The summed E-state index contributed by atoms with van der Waals surface area (Å²) in [7, 11) is 2.92. The molecule has 0 aliphatic carbocycles. The molecule has 0 saturated heterocycles. The number of hydrogen-bond acceptors (Lipinski definition) is 23. The maximum atomic E-state index is 14.2. The topological polar surface area (TPSA) is 344 Å². The number of thiazole rings is 6. The highest BCUT2D eigenvalue weighted by Crippen LogP contribution is 2.40. The maximum Gasteiger partial charge on any atom is 0.303 e. The Morgan fingerprint density at radius 3 is 2.19 bits per heavy atom. The van der Waals surface area contributed by atoms with Gasteiger partial charge in [0.05, 0.1) is 48.6 Å². The number of carbonyl (C=O) groups excluding carboxylic acids is 6. The summed E-state index contributed by atoms with van der Waals surface area (Å²) >= 11 is 7.02. The van der Waals surface area contributed by atoms with Gasteiger partial charge in [-0.2, -0.15) is 0 Å². The van der Waals surface area contributed by atoms with E-state index in [0.717, 1.165) is 45.3 Å². The van der Waals surface area contributed by atoms with E-state index in [0.29, 0.717) is 68.7 Å². The molecule has 1 aliphatic heterocycles. The van der Waals surface area contributed by atoms with Gasteiger partial charge in [-0.05, 0) is 30.5 Å². The number of aryl methyl sites for hydroxylation is 1. The highest BCUT2D eigenvalue weighted by Gasteiger charge is 2.33. The lowest BCUT2D eigenvalue weighted by molar-refractivity contribution is -0.138. The number of aliphatic hydroxyl groups excluding tert-OH is 1.